The molecule has 5 heteroatoms. The lowest BCUT2D eigenvalue weighted by Gasteiger charge is -2.62. The summed E-state index contributed by atoms with van der Waals surface area (Å²) in [4.78, 5) is 26.4. The van der Waals surface area contributed by atoms with Gasteiger partial charge in [0, 0.05) is 29.2 Å². The first-order valence-corrected chi connectivity index (χ1v) is 13.6. The molecule has 0 aromatic heterocycles. The number of hydrogen-bond donors (Lipinski definition) is 3. The summed E-state index contributed by atoms with van der Waals surface area (Å²) < 4.78 is 0. The quantitative estimate of drug-likeness (QED) is 0.434. The highest BCUT2D eigenvalue weighted by Gasteiger charge is 2.67. The first-order valence-electron chi connectivity index (χ1n) is 13.6. The van der Waals surface area contributed by atoms with E-state index in [1.807, 2.05) is 27.7 Å². The Morgan fingerprint density at radius 2 is 1.74 bits per heavy atom. The summed E-state index contributed by atoms with van der Waals surface area (Å²) in [7, 11) is 0. The van der Waals surface area contributed by atoms with Crippen LogP contribution in [-0.2, 0) is 9.59 Å². The fourth-order valence-electron chi connectivity index (χ4n) is 9.05. The minimum absolute atomic E-state index is 0.0254. The van der Waals surface area contributed by atoms with E-state index in [1.165, 1.54) is 5.57 Å². The Bertz CT molecular complexity index is 971. The monoisotopic (exact) mass is 486 g/mol. The number of allylic oxidation sites excluding steroid dienone is 3. The zero-order valence-electron chi connectivity index (χ0n) is 22.8. The second-order valence-corrected chi connectivity index (χ2v) is 13.6. The van der Waals surface area contributed by atoms with Crippen LogP contribution in [0.5, 0.6) is 0 Å². The van der Waals surface area contributed by atoms with Gasteiger partial charge >= 0.3 is 5.97 Å². The SMILES string of the molecule is CC(C)=CCC[C@@H](C(=O)O)[C@H]1CC[C@@]2(C)C3=C(CC[C@]12C)[C@@]1(C)[C@H](O)C[C@H](O)C(C)(C)[C@@H]1CC3=O. The van der Waals surface area contributed by atoms with Crippen LogP contribution in [0.1, 0.15) is 99.8 Å². The topological polar surface area (TPSA) is 94.8 Å². The van der Waals surface area contributed by atoms with Crippen molar-refractivity contribution in [3.05, 3.63) is 22.8 Å². The number of carboxylic acid groups (broad SMARTS) is 1. The van der Waals surface area contributed by atoms with E-state index in [1.54, 1.807) is 0 Å². The van der Waals surface area contributed by atoms with Gasteiger partial charge in [-0.2, -0.15) is 0 Å². The van der Waals surface area contributed by atoms with Crippen LogP contribution in [0, 0.1) is 39.4 Å². The van der Waals surface area contributed by atoms with Gasteiger partial charge < -0.3 is 15.3 Å². The molecule has 0 aliphatic heterocycles. The third kappa shape index (κ3) is 3.62. The lowest BCUT2D eigenvalue weighted by atomic mass is 9.42. The summed E-state index contributed by atoms with van der Waals surface area (Å²) in [5.74, 6) is -1.07. The van der Waals surface area contributed by atoms with E-state index in [9.17, 15) is 24.9 Å². The van der Waals surface area contributed by atoms with Crippen molar-refractivity contribution in [3.8, 4) is 0 Å². The minimum atomic E-state index is -0.720. The Labute approximate surface area is 211 Å². The van der Waals surface area contributed by atoms with Gasteiger partial charge in [-0.25, -0.2) is 0 Å². The summed E-state index contributed by atoms with van der Waals surface area (Å²) in [6, 6.07) is 0. The van der Waals surface area contributed by atoms with Gasteiger partial charge in [0.15, 0.2) is 5.78 Å². The van der Waals surface area contributed by atoms with Gasteiger partial charge in [-0.1, -0.05) is 51.8 Å². The molecule has 0 spiro atoms. The molecule has 0 bridgehead atoms. The second-order valence-electron chi connectivity index (χ2n) is 13.6. The smallest absolute Gasteiger partial charge is 0.306 e. The van der Waals surface area contributed by atoms with E-state index >= 15 is 0 Å². The molecule has 3 N–H and O–H groups in total. The molecule has 0 aromatic rings. The Hall–Kier alpha value is -1.46. The molecule has 0 amide bonds. The molecule has 8 atom stereocenters. The predicted octanol–water partition coefficient (Wildman–Crippen LogP) is 5.69. The van der Waals surface area contributed by atoms with Crippen LogP contribution in [0.15, 0.2) is 22.8 Å². The number of carboxylic acids is 1. The molecule has 0 aromatic carbocycles. The summed E-state index contributed by atoms with van der Waals surface area (Å²) in [6.07, 6.45) is 6.05. The predicted molar refractivity (Wildman–Crippen MR) is 137 cm³/mol. The second kappa shape index (κ2) is 8.55. The van der Waals surface area contributed by atoms with Crippen molar-refractivity contribution >= 4 is 11.8 Å². The van der Waals surface area contributed by atoms with E-state index in [0.717, 1.165) is 43.3 Å². The van der Waals surface area contributed by atoms with E-state index in [0.29, 0.717) is 19.3 Å². The lowest BCUT2D eigenvalue weighted by molar-refractivity contribution is -0.161. The highest BCUT2D eigenvalue weighted by molar-refractivity contribution is 5.99. The van der Waals surface area contributed by atoms with E-state index in [-0.39, 0.29) is 28.4 Å². The van der Waals surface area contributed by atoms with Gasteiger partial charge in [-0.3, -0.25) is 9.59 Å². The van der Waals surface area contributed by atoms with Crippen molar-refractivity contribution in [3.63, 3.8) is 0 Å². The van der Waals surface area contributed by atoms with Gasteiger partial charge in [-0.15, -0.1) is 0 Å². The number of fused-ring (bicyclic) bond motifs is 4. The fraction of sp³-hybridized carbons (Fsp3) is 0.800. The Morgan fingerprint density at radius 1 is 1.09 bits per heavy atom. The van der Waals surface area contributed by atoms with Crippen LogP contribution in [0.25, 0.3) is 0 Å². The zero-order chi connectivity index (χ0) is 26.1. The lowest BCUT2D eigenvalue weighted by Crippen LogP contribution is -2.62. The van der Waals surface area contributed by atoms with Gasteiger partial charge in [0.05, 0.1) is 18.1 Å². The Balaban J connectivity index is 1.77. The van der Waals surface area contributed by atoms with E-state index in [4.69, 9.17) is 0 Å². The molecule has 0 unspecified atom stereocenters. The molecule has 0 saturated heterocycles. The number of Topliss-reactive ketones (excluding diaryl/α,β-unsaturated/α-hetero) is 1. The summed E-state index contributed by atoms with van der Waals surface area (Å²) >= 11 is 0. The van der Waals surface area contributed by atoms with Crippen molar-refractivity contribution in [2.75, 3.05) is 0 Å². The number of aliphatic carboxylic acids is 1. The van der Waals surface area contributed by atoms with E-state index in [2.05, 4.69) is 26.8 Å². The number of hydrogen-bond acceptors (Lipinski definition) is 4. The van der Waals surface area contributed by atoms with Gasteiger partial charge in [-0.05, 0) is 75.0 Å². The summed E-state index contributed by atoms with van der Waals surface area (Å²) in [5, 5.41) is 32.4. The van der Waals surface area contributed by atoms with E-state index < -0.39 is 34.9 Å². The maximum atomic E-state index is 13.9. The molecule has 0 heterocycles. The third-order valence-electron chi connectivity index (χ3n) is 11.6. The molecular weight excluding hydrogens is 440 g/mol. The first kappa shape index (κ1) is 26.6. The number of carbonyl (C=O) groups is 2. The number of aliphatic hydroxyl groups is 2. The molecule has 4 aliphatic carbocycles. The van der Waals surface area contributed by atoms with Gasteiger partial charge in [0.1, 0.15) is 0 Å². The molecule has 196 valence electrons. The number of aliphatic hydroxyl groups excluding tert-OH is 2. The minimum Gasteiger partial charge on any atom is -0.481 e. The van der Waals surface area contributed by atoms with Crippen molar-refractivity contribution in [1.29, 1.82) is 0 Å². The Morgan fingerprint density at radius 3 is 2.34 bits per heavy atom. The van der Waals surface area contributed by atoms with Crippen molar-refractivity contribution in [2.45, 2.75) is 112 Å². The molecule has 5 nitrogen and oxygen atoms in total. The molecule has 4 aliphatic rings. The summed E-state index contributed by atoms with van der Waals surface area (Å²) in [5.41, 5.74) is 1.55. The van der Waals surface area contributed by atoms with Crippen LogP contribution in [0.3, 0.4) is 0 Å². The van der Waals surface area contributed by atoms with Crippen LogP contribution >= 0.6 is 0 Å². The molecule has 35 heavy (non-hydrogen) atoms. The van der Waals surface area contributed by atoms with Crippen LogP contribution in [0.4, 0.5) is 0 Å². The molecular formula is C30H46O5. The van der Waals surface area contributed by atoms with Crippen LogP contribution < -0.4 is 0 Å². The van der Waals surface area contributed by atoms with Crippen molar-refractivity contribution in [1.82, 2.24) is 0 Å². The summed E-state index contributed by atoms with van der Waals surface area (Å²) in [6.45, 7) is 14.7. The van der Waals surface area contributed by atoms with Crippen molar-refractivity contribution < 1.29 is 24.9 Å². The highest BCUT2D eigenvalue weighted by Crippen LogP contribution is 2.71. The maximum Gasteiger partial charge on any atom is 0.306 e. The first-order chi connectivity index (χ1) is 16.1. The molecule has 4 rings (SSSR count). The average molecular weight is 487 g/mol. The van der Waals surface area contributed by atoms with Gasteiger partial charge in [0.25, 0.3) is 0 Å². The number of rotatable bonds is 5. The largest absolute Gasteiger partial charge is 0.481 e. The van der Waals surface area contributed by atoms with Crippen molar-refractivity contribution in [2.24, 2.45) is 39.4 Å². The normalized spacial score (nSPS) is 43.2. The van der Waals surface area contributed by atoms with Gasteiger partial charge in [0.2, 0.25) is 0 Å². The van der Waals surface area contributed by atoms with Crippen LogP contribution in [-0.4, -0.2) is 39.3 Å². The molecule has 2 saturated carbocycles. The maximum absolute atomic E-state index is 13.9. The zero-order valence-corrected chi connectivity index (χ0v) is 22.8. The molecule has 0 radical (unpaired) electrons. The fourth-order valence-corrected chi connectivity index (χ4v) is 9.05. The average Bonchev–Trinajstić information content (AvgIpc) is 3.02. The molecule has 2 fully saturated rings. The Kier molecular flexibility index (Phi) is 6.50. The number of carbonyl (C=O) groups excluding carboxylic acids is 1. The third-order valence-corrected chi connectivity index (χ3v) is 11.6. The van der Waals surface area contributed by atoms with Crippen LogP contribution in [0.2, 0.25) is 0 Å². The number of ketones is 1. The standard InChI is InChI=1S/C30H46O5/c1-17(2)9-8-10-18(26(34)35)19-11-14-29(6)25-20(12-13-28(19,29)5)30(7)22(15-21(25)31)27(3,4)23(32)16-24(30)33/h9,18-19,22-24,32-33H,8,10-16H2,1-7H3,(H,34,35)/t18-,19-,22+,23+,24-,28-,29+,30-/m1/s1. The highest BCUT2D eigenvalue weighted by atomic mass is 16.4.